The maximum Gasteiger partial charge on any atom is 0.185 e. The highest BCUT2D eigenvalue weighted by molar-refractivity contribution is 7.17. The molecule has 0 aliphatic heterocycles. The van der Waals surface area contributed by atoms with Gasteiger partial charge in [0.15, 0.2) is 10.9 Å². The summed E-state index contributed by atoms with van der Waals surface area (Å²) >= 11 is 1.50. The number of hydrogen-bond acceptors (Lipinski definition) is 4. The van der Waals surface area contributed by atoms with E-state index in [0.717, 1.165) is 22.5 Å². The van der Waals surface area contributed by atoms with Crippen LogP contribution in [0.25, 0.3) is 0 Å². The van der Waals surface area contributed by atoms with Gasteiger partial charge in [0, 0.05) is 20.5 Å². The van der Waals surface area contributed by atoms with Gasteiger partial charge in [0.05, 0.1) is 11.1 Å². The van der Waals surface area contributed by atoms with Gasteiger partial charge in [0.25, 0.3) is 0 Å². The second-order valence-electron chi connectivity index (χ2n) is 4.59. The Kier molecular flexibility index (Phi) is 3.59. The van der Waals surface area contributed by atoms with Gasteiger partial charge >= 0.3 is 0 Å². The zero-order valence-corrected chi connectivity index (χ0v) is 10.7. The van der Waals surface area contributed by atoms with Crippen LogP contribution >= 0.6 is 11.3 Å². The van der Waals surface area contributed by atoms with E-state index in [1.807, 2.05) is 0 Å². The molecule has 16 heavy (non-hydrogen) atoms. The molecule has 1 fully saturated rings. The third-order valence-corrected chi connectivity index (χ3v) is 4.39. The van der Waals surface area contributed by atoms with Crippen molar-refractivity contribution in [1.29, 1.82) is 0 Å². The van der Waals surface area contributed by atoms with E-state index in [1.165, 1.54) is 37.0 Å². The molecule has 0 bridgehead atoms. The normalized spacial score (nSPS) is 16.6. The average molecular weight is 238 g/mol. The highest BCUT2D eigenvalue weighted by atomic mass is 32.1. The Morgan fingerprint density at radius 1 is 1.56 bits per heavy atom. The van der Waals surface area contributed by atoms with E-state index in [0.29, 0.717) is 0 Å². The SMILES string of the molecule is CC(=O)c1cnc(N(C)CC2CCCC2)s1. The number of anilines is 1. The molecule has 1 aromatic heterocycles. The lowest BCUT2D eigenvalue weighted by Gasteiger charge is -2.19. The zero-order valence-electron chi connectivity index (χ0n) is 9.90. The second-order valence-corrected chi connectivity index (χ2v) is 5.60. The number of Topliss-reactive ketones (excluding diaryl/α,β-unsaturated/α-hetero) is 1. The molecule has 0 radical (unpaired) electrons. The fraction of sp³-hybridized carbons (Fsp3) is 0.667. The van der Waals surface area contributed by atoms with Crippen LogP contribution in [0.4, 0.5) is 5.13 Å². The third-order valence-electron chi connectivity index (χ3n) is 3.17. The van der Waals surface area contributed by atoms with E-state index in [4.69, 9.17) is 0 Å². The van der Waals surface area contributed by atoms with Crippen molar-refractivity contribution in [1.82, 2.24) is 4.98 Å². The molecule has 0 aromatic carbocycles. The molecule has 1 aromatic rings. The van der Waals surface area contributed by atoms with E-state index in [-0.39, 0.29) is 5.78 Å². The van der Waals surface area contributed by atoms with Crippen molar-refractivity contribution in [3.8, 4) is 0 Å². The first-order valence-corrected chi connectivity index (χ1v) is 6.66. The molecule has 1 aliphatic rings. The maximum atomic E-state index is 11.2. The minimum Gasteiger partial charge on any atom is -0.351 e. The molecule has 1 saturated carbocycles. The number of hydrogen-bond donors (Lipinski definition) is 0. The Balaban J connectivity index is 1.96. The minimum atomic E-state index is 0.109. The molecule has 4 heteroatoms. The van der Waals surface area contributed by atoms with Crippen molar-refractivity contribution in [3.63, 3.8) is 0 Å². The first-order chi connectivity index (χ1) is 7.66. The van der Waals surface area contributed by atoms with Gasteiger partial charge in [0.2, 0.25) is 0 Å². The molecule has 88 valence electrons. The van der Waals surface area contributed by atoms with E-state index in [1.54, 1.807) is 13.1 Å². The highest BCUT2D eigenvalue weighted by Gasteiger charge is 2.18. The van der Waals surface area contributed by atoms with Crippen LogP contribution in [-0.4, -0.2) is 24.4 Å². The van der Waals surface area contributed by atoms with E-state index in [9.17, 15) is 4.79 Å². The summed E-state index contributed by atoms with van der Waals surface area (Å²) in [6, 6.07) is 0. The third kappa shape index (κ3) is 2.61. The first kappa shape index (κ1) is 11.6. The van der Waals surface area contributed by atoms with Crippen LogP contribution in [-0.2, 0) is 0 Å². The molecule has 2 rings (SSSR count). The van der Waals surface area contributed by atoms with Crippen LogP contribution in [0.15, 0.2) is 6.20 Å². The Morgan fingerprint density at radius 2 is 2.25 bits per heavy atom. The Labute approximate surface area is 100 Å². The fourth-order valence-corrected chi connectivity index (χ4v) is 3.04. The largest absolute Gasteiger partial charge is 0.351 e. The smallest absolute Gasteiger partial charge is 0.185 e. The maximum absolute atomic E-state index is 11.2. The molecular formula is C12H18N2OS. The Morgan fingerprint density at radius 3 is 2.81 bits per heavy atom. The molecular weight excluding hydrogens is 220 g/mol. The van der Waals surface area contributed by atoms with Crippen molar-refractivity contribution in [2.24, 2.45) is 5.92 Å². The van der Waals surface area contributed by atoms with Gasteiger partial charge in [-0.05, 0) is 18.8 Å². The lowest BCUT2D eigenvalue weighted by molar-refractivity contribution is 0.102. The summed E-state index contributed by atoms with van der Waals surface area (Å²) < 4.78 is 0. The Bertz CT molecular complexity index is 369. The topological polar surface area (TPSA) is 33.2 Å². The standard InChI is InChI=1S/C12H18N2OS/c1-9(15)11-7-13-12(16-11)14(2)8-10-5-3-4-6-10/h7,10H,3-6,8H2,1-2H3. The fourth-order valence-electron chi connectivity index (χ4n) is 2.26. The van der Waals surface area contributed by atoms with Gasteiger partial charge in [0.1, 0.15) is 0 Å². The summed E-state index contributed by atoms with van der Waals surface area (Å²) in [6.45, 7) is 2.67. The molecule has 0 amide bonds. The van der Waals surface area contributed by atoms with Crippen molar-refractivity contribution < 1.29 is 4.79 Å². The lowest BCUT2D eigenvalue weighted by Crippen LogP contribution is -2.23. The average Bonchev–Trinajstić information content (AvgIpc) is 2.86. The van der Waals surface area contributed by atoms with Gasteiger partial charge in [-0.3, -0.25) is 4.79 Å². The predicted octanol–water partition coefficient (Wildman–Crippen LogP) is 2.97. The molecule has 0 N–H and O–H groups in total. The minimum absolute atomic E-state index is 0.109. The number of carbonyl (C=O) groups is 1. The number of carbonyl (C=O) groups excluding carboxylic acids is 1. The molecule has 1 aliphatic carbocycles. The van der Waals surface area contributed by atoms with Crippen LogP contribution in [0.2, 0.25) is 0 Å². The van der Waals surface area contributed by atoms with Crippen LogP contribution in [0.3, 0.4) is 0 Å². The summed E-state index contributed by atoms with van der Waals surface area (Å²) in [5.74, 6) is 0.924. The molecule has 0 atom stereocenters. The molecule has 0 saturated heterocycles. The molecule has 3 nitrogen and oxygen atoms in total. The van der Waals surface area contributed by atoms with Crippen LogP contribution in [0, 0.1) is 5.92 Å². The van der Waals surface area contributed by atoms with Gasteiger partial charge in [-0.15, -0.1) is 0 Å². The molecule has 0 spiro atoms. The monoisotopic (exact) mass is 238 g/mol. The second kappa shape index (κ2) is 4.95. The van der Waals surface area contributed by atoms with Gasteiger partial charge in [-0.2, -0.15) is 0 Å². The van der Waals surface area contributed by atoms with Crippen molar-refractivity contribution in [2.45, 2.75) is 32.6 Å². The summed E-state index contributed by atoms with van der Waals surface area (Å²) in [4.78, 5) is 18.4. The summed E-state index contributed by atoms with van der Waals surface area (Å²) in [7, 11) is 2.07. The van der Waals surface area contributed by atoms with Crippen LogP contribution in [0.1, 0.15) is 42.3 Å². The van der Waals surface area contributed by atoms with Crippen molar-refractivity contribution in [2.75, 3.05) is 18.5 Å². The number of ketones is 1. The molecule has 0 unspecified atom stereocenters. The lowest BCUT2D eigenvalue weighted by atomic mass is 10.1. The van der Waals surface area contributed by atoms with Crippen molar-refractivity contribution in [3.05, 3.63) is 11.1 Å². The molecule has 1 heterocycles. The van der Waals surface area contributed by atoms with Crippen LogP contribution < -0.4 is 4.90 Å². The van der Waals surface area contributed by atoms with E-state index in [2.05, 4.69) is 16.9 Å². The van der Waals surface area contributed by atoms with Gasteiger partial charge < -0.3 is 4.90 Å². The summed E-state index contributed by atoms with van der Waals surface area (Å²) in [5, 5.41) is 0.970. The van der Waals surface area contributed by atoms with E-state index < -0.39 is 0 Å². The number of thiazole rings is 1. The number of nitrogens with zero attached hydrogens (tertiary/aromatic N) is 2. The van der Waals surface area contributed by atoms with Gasteiger partial charge in [-0.25, -0.2) is 4.98 Å². The highest BCUT2D eigenvalue weighted by Crippen LogP contribution is 2.28. The van der Waals surface area contributed by atoms with E-state index >= 15 is 0 Å². The first-order valence-electron chi connectivity index (χ1n) is 5.84. The number of aromatic nitrogens is 1. The Hall–Kier alpha value is -0.900. The zero-order chi connectivity index (χ0) is 11.5. The summed E-state index contributed by atoms with van der Waals surface area (Å²) in [6.07, 6.45) is 7.11. The predicted molar refractivity (Wildman–Crippen MR) is 67.3 cm³/mol. The number of rotatable bonds is 4. The van der Waals surface area contributed by atoms with Gasteiger partial charge in [-0.1, -0.05) is 24.2 Å². The van der Waals surface area contributed by atoms with Crippen LogP contribution in [0.5, 0.6) is 0 Å². The summed E-state index contributed by atoms with van der Waals surface area (Å²) in [5.41, 5.74) is 0. The van der Waals surface area contributed by atoms with Crippen molar-refractivity contribution >= 4 is 22.3 Å². The quantitative estimate of drug-likeness (QED) is 0.756.